The van der Waals surface area contributed by atoms with Gasteiger partial charge in [0.2, 0.25) is 0 Å². The number of carboxylic acids is 1. The van der Waals surface area contributed by atoms with E-state index in [1.165, 1.54) is 30.5 Å². The molecule has 7 nitrogen and oxygen atoms in total. The molecule has 0 aliphatic rings. The first-order valence-electron chi connectivity index (χ1n) is 8.04. The lowest BCUT2D eigenvalue weighted by atomic mass is 10.1. The van der Waals surface area contributed by atoms with E-state index in [0.29, 0.717) is 28.3 Å². The highest BCUT2D eigenvalue weighted by molar-refractivity contribution is 6.07. The van der Waals surface area contributed by atoms with Gasteiger partial charge in [0.25, 0.3) is 11.8 Å². The Labute approximate surface area is 154 Å². The third-order valence-corrected chi connectivity index (χ3v) is 3.88. The van der Waals surface area contributed by atoms with Crippen molar-refractivity contribution in [3.63, 3.8) is 0 Å². The second-order valence-corrected chi connectivity index (χ2v) is 5.76. The molecule has 0 fully saturated rings. The minimum absolute atomic E-state index is 0.132. The van der Waals surface area contributed by atoms with E-state index >= 15 is 0 Å². The van der Waals surface area contributed by atoms with Crippen molar-refractivity contribution in [3.05, 3.63) is 83.3 Å². The molecule has 3 aromatic rings. The van der Waals surface area contributed by atoms with Gasteiger partial charge in [0.15, 0.2) is 0 Å². The maximum absolute atomic E-state index is 12.4. The third kappa shape index (κ3) is 4.21. The summed E-state index contributed by atoms with van der Waals surface area (Å²) in [5, 5.41) is 14.3. The predicted octanol–water partition coefficient (Wildman–Crippen LogP) is 3.79. The first-order valence-corrected chi connectivity index (χ1v) is 8.04. The molecule has 136 valence electrons. The number of carboxylic acid groups (broad SMARTS) is 1. The first-order chi connectivity index (χ1) is 12.9. The van der Waals surface area contributed by atoms with E-state index in [-0.39, 0.29) is 17.4 Å². The molecule has 0 spiro atoms. The van der Waals surface area contributed by atoms with Gasteiger partial charge >= 0.3 is 5.97 Å². The van der Waals surface area contributed by atoms with Crippen molar-refractivity contribution in [2.24, 2.45) is 0 Å². The summed E-state index contributed by atoms with van der Waals surface area (Å²) < 4.78 is 5.11. The summed E-state index contributed by atoms with van der Waals surface area (Å²) in [5.41, 5.74) is 1.83. The van der Waals surface area contributed by atoms with Gasteiger partial charge in [-0.05, 0) is 55.5 Å². The molecule has 0 atom stereocenters. The topological polar surface area (TPSA) is 109 Å². The lowest BCUT2D eigenvalue weighted by Gasteiger charge is -2.08. The van der Waals surface area contributed by atoms with Crippen LogP contribution in [-0.4, -0.2) is 22.9 Å². The van der Waals surface area contributed by atoms with Crippen molar-refractivity contribution < 1.29 is 23.9 Å². The van der Waals surface area contributed by atoms with Crippen LogP contribution in [-0.2, 0) is 0 Å². The number of carbonyl (C=O) groups is 3. The Morgan fingerprint density at radius 3 is 2.19 bits per heavy atom. The monoisotopic (exact) mass is 364 g/mol. The molecule has 3 N–H and O–H groups in total. The number of amides is 2. The van der Waals surface area contributed by atoms with Crippen LogP contribution >= 0.6 is 0 Å². The van der Waals surface area contributed by atoms with Crippen molar-refractivity contribution in [1.82, 2.24) is 0 Å². The third-order valence-electron chi connectivity index (χ3n) is 3.88. The minimum Gasteiger partial charge on any atom is -0.478 e. The van der Waals surface area contributed by atoms with Gasteiger partial charge in [-0.3, -0.25) is 9.59 Å². The Hall–Kier alpha value is -3.87. The van der Waals surface area contributed by atoms with Crippen LogP contribution in [0.3, 0.4) is 0 Å². The van der Waals surface area contributed by atoms with Crippen molar-refractivity contribution in [2.45, 2.75) is 6.92 Å². The standard InChI is InChI=1S/C20H16N2O5/c1-12-17(9-10-27-12)19(24)22-16-4-2-3-14(11-16)18(23)21-15-7-5-13(6-8-15)20(25)26/h2-11H,1H3,(H,21,23)(H,22,24)(H,25,26). The Bertz CT molecular complexity index is 1010. The van der Waals surface area contributed by atoms with E-state index in [1.54, 1.807) is 37.3 Å². The van der Waals surface area contributed by atoms with E-state index in [2.05, 4.69) is 10.6 Å². The summed E-state index contributed by atoms with van der Waals surface area (Å²) in [6.45, 7) is 1.69. The molecule has 0 unspecified atom stereocenters. The van der Waals surface area contributed by atoms with Gasteiger partial charge in [-0.2, -0.15) is 0 Å². The van der Waals surface area contributed by atoms with Crippen LogP contribution in [0.2, 0.25) is 0 Å². The van der Waals surface area contributed by atoms with E-state index in [0.717, 1.165) is 0 Å². The molecule has 2 amide bonds. The fraction of sp³-hybridized carbons (Fsp3) is 0.0500. The molecule has 0 saturated carbocycles. The average molecular weight is 364 g/mol. The number of hydrogen-bond donors (Lipinski definition) is 3. The maximum atomic E-state index is 12.4. The molecule has 0 radical (unpaired) electrons. The number of carbonyl (C=O) groups excluding carboxylic acids is 2. The largest absolute Gasteiger partial charge is 0.478 e. The highest BCUT2D eigenvalue weighted by Crippen LogP contribution is 2.17. The lowest BCUT2D eigenvalue weighted by Crippen LogP contribution is -2.15. The highest BCUT2D eigenvalue weighted by atomic mass is 16.4. The fourth-order valence-electron chi connectivity index (χ4n) is 2.46. The number of nitrogens with one attached hydrogen (secondary N) is 2. The molecule has 3 rings (SSSR count). The highest BCUT2D eigenvalue weighted by Gasteiger charge is 2.13. The Balaban J connectivity index is 1.71. The number of anilines is 2. The molecule has 0 aliphatic carbocycles. The summed E-state index contributed by atoms with van der Waals surface area (Å²) >= 11 is 0. The zero-order chi connectivity index (χ0) is 19.4. The van der Waals surface area contributed by atoms with Crippen molar-refractivity contribution >= 4 is 29.2 Å². The number of benzene rings is 2. The zero-order valence-corrected chi connectivity index (χ0v) is 14.4. The fourth-order valence-corrected chi connectivity index (χ4v) is 2.46. The second-order valence-electron chi connectivity index (χ2n) is 5.76. The van der Waals surface area contributed by atoms with E-state index in [9.17, 15) is 14.4 Å². The van der Waals surface area contributed by atoms with Gasteiger partial charge in [0.05, 0.1) is 17.4 Å². The van der Waals surface area contributed by atoms with Gasteiger partial charge in [0.1, 0.15) is 5.76 Å². The second kappa shape index (κ2) is 7.57. The van der Waals surface area contributed by atoms with E-state index in [4.69, 9.17) is 9.52 Å². The molecular formula is C20H16N2O5. The molecular weight excluding hydrogens is 348 g/mol. The van der Waals surface area contributed by atoms with Gasteiger partial charge in [0, 0.05) is 16.9 Å². The van der Waals surface area contributed by atoms with E-state index in [1.807, 2.05) is 0 Å². The predicted molar refractivity (Wildman–Crippen MR) is 99.2 cm³/mol. The molecule has 2 aromatic carbocycles. The zero-order valence-electron chi connectivity index (χ0n) is 14.4. The SMILES string of the molecule is Cc1occc1C(=O)Nc1cccc(C(=O)Nc2ccc(C(=O)O)cc2)c1. The van der Waals surface area contributed by atoms with E-state index < -0.39 is 5.97 Å². The summed E-state index contributed by atoms with van der Waals surface area (Å²) in [6.07, 6.45) is 1.43. The Kier molecular flexibility index (Phi) is 5.03. The van der Waals surface area contributed by atoms with Gasteiger partial charge in [-0.25, -0.2) is 4.79 Å². The molecule has 1 aromatic heterocycles. The minimum atomic E-state index is -1.04. The molecule has 0 aliphatic heterocycles. The van der Waals surface area contributed by atoms with Gasteiger partial charge in [-0.15, -0.1) is 0 Å². The number of aromatic carboxylic acids is 1. The average Bonchev–Trinajstić information content (AvgIpc) is 3.08. The van der Waals surface area contributed by atoms with Crippen molar-refractivity contribution in [1.29, 1.82) is 0 Å². The lowest BCUT2D eigenvalue weighted by molar-refractivity contribution is 0.0696. The van der Waals surface area contributed by atoms with Crippen LogP contribution < -0.4 is 10.6 Å². The van der Waals surface area contributed by atoms with Crippen LogP contribution in [0, 0.1) is 6.92 Å². The van der Waals surface area contributed by atoms with Gasteiger partial charge in [-0.1, -0.05) is 6.07 Å². The maximum Gasteiger partial charge on any atom is 0.335 e. The first kappa shape index (κ1) is 17.9. The Morgan fingerprint density at radius 1 is 0.852 bits per heavy atom. The number of rotatable bonds is 5. The summed E-state index contributed by atoms with van der Waals surface area (Å²) in [7, 11) is 0. The molecule has 0 saturated heterocycles. The molecule has 0 bridgehead atoms. The van der Waals surface area contributed by atoms with Crippen LogP contribution in [0.15, 0.2) is 65.3 Å². The van der Waals surface area contributed by atoms with Crippen LogP contribution in [0.1, 0.15) is 36.8 Å². The number of aryl methyl sites for hydroxylation is 1. The van der Waals surface area contributed by atoms with Crippen LogP contribution in [0.4, 0.5) is 11.4 Å². The van der Waals surface area contributed by atoms with Crippen molar-refractivity contribution in [2.75, 3.05) is 10.6 Å². The molecule has 1 heterocycles. The quantitative estimate of drug-likeness (QED) is 0.638. The van der Waals surface area contributed by atoms with Gasteiger partial charge < -0.3 is 20.2 Å². The smallest absolute Gasteiger partial charge is 0.335 e. The summed E-state index contributed by atoms with van der Waals surface area (Å²) in [6, 6.07) is 13.9. The molecule has 7 heteroatoms. The Morgan fingerprint density at radius 2 is 1.56 bits per heavy atom. The summed E-state index contributed by atoms with van der Waals surface area (Å²) in [4.78, 5) is 35.5. The number of furan rings is 1. The summed E-state index contributed by atoms with van der Waals surface area (Å²) in [5.74, 6) is -1.24. The molecule has 27 heavy (non-hydrogen) atoms. The van der Waals surface area contributed by atoms with Crippen molar-refractivity contribution in [3.8, 4) is 0 Å². The van der Waals surface area contributed by atoms with Crippen LogP contribution in [0.25, 0.3) is 0 Å². The van der Waals surface area contributed by atoms with Crippen LogP contribution in [0.5, 0.6) is 0 Å². The number of hydrogen-bond acceptors (Lipinski definition) is 4. The normalized spacial score (nSPS) is 10.3.